The molecule has 1 amide bonds. The number of likely N-dealkylation sites (N-methyl/N-ethyl adjacent to an activating group) is 1. The van der Waals surface area contributed by atoms with Gasteiger partial charge in [0.05, 0.1) is 12.6 Å². The van der Waals surface area contributed by atoms with Crippen LogP contribution in [0.2, 0.25) is 0 Å². The molecule has 0 aromatic carbocycles. The van der Waals surface area contributed by atoms with Crippen molar-refractivity contribution in [3.63, 3.8) is 0 Å². The number of carboxylic acid groups (broad SMARTS) is 1. The van der Waals surface area contributed by atoms with Crippen LogP contribution in [0.4, 0.5) is 0 Å². The zero-order valence-electron chi connectivity index (χ0n) is 9.80. The van der Waals surface area contributed by atoms with Gasteiger partial charge >= 0.3 is 5.97 Å². The zero-order chi connectivity index (χ0) is 12.4. The number of aliphatic carboxylic acids is 1. The molecule has 0 aromatic heterocycles. The molecule has 6 heteroatoms. The first kappa shape index (κ1) is 12.3. The molecule has 2 fully saturated rings. The second-order valence-corrected chi connectivity index (χ2v) is 4.50. The molecule has 1 N–H and O–H groups in total. The summed E-state index contributed by atoms with van der Waals surface area (Å²) in [5.41, 5.74) is 0. The van der Waals surface area contributed by atoms with Crippen molar-refractivity contribution in [1.82, 2.24) is 4.90 Å². The van der Waals surface area contributed by atoms with Gasteiger partial charge in [-0.2, -0.15) is 0 Å². The van der Waals surface area contributed by atoms with E-state index in [1.54, 1.807) is 11.9 Å². The molecule has 2 aliphatic rings. The van der Waals surface area contributed by atoms with Crippen molar-refractivity contribution < 1.29 is 24.2 Å². The highest BCUT2D eigenvalue weighted by Gasteiger charge is 2.37. The van der Waals surface area contributed by atoms with Crippen molar-refractivity contribution in [2.45, 2.75) is 37.5 Å². The van der Waals surface area contributed by atoms with Gasteiger partial charge in [-0.05, 0) is 19.3 Å². The van der Waals surface area contributed by atoms with E-state index in [9.17, 15) is 9.59 Å². The molecule has 1 unspecified atom stereocenters. The molecule has 0 spiro atoms. The minimum atomic E-state index is -0.993. The van der Waals surface area contributed by atoms with Gasteiger partial charge in [0, 0.05) is 13.7 Å². The van der Waals surface area contributed by atoms with E-state index in [2.05, 4.69) is 0 Å². The standard InChI is InChI=1S/C11H17NO5/c1-12(7-4-5-16-6-7)10(13)8-2-3-9(17-8)11(14)15/h7-9H,2-6H2,1H3,(H,14,15)/t7?,8-,9+/m0/s1. The molecule has 6 nitrogen and oxygen atoms in total. The number of carbonyl (C=O) groups excluding carboxylic acids is 1. The Balaban J connectivity index is 1.89. The average Bonchev–Trinajstić information content (AvgIpc) is 2.97. The Kier molecular flexibility index (Phi) is 3.63. The van der Waals surface area contributed by atoms with Crippen LogP contribution in [0.15, 0.2) is 0 Å². The third-order valence-corrected chi connectivity index (χ3v) is 3.37. The largest absolute Gasteiger partial charge is 0.479 e. The smallest absolute Gasteiger partial charge is 0.332 e. The van der Waals surface area contributed by atoms with E-state index >= 15 is 0 Å². The number of hydrogen-bond donors (Lipinski definition) is 1. The molecule has 17 heavy (non-hydrogen) atoms. The van der Waals surface area contributed by atoms with E-state index in [0.717, 1.165) is 6.42 Å². The Labute approximate surface area is 99.5 Å². The topological polar surface area (TPSA) is 76.1 Å². The fraction of sp³-hybridized carbons (Fsp3) is 0.818. The number of hydrogen-bond acceptors (Lipinski definition) is 4. The fourth-order valence-electron chi connectivity index (χ4n) is 2.24. The van der Waals surface area contributed by atoms with Crippen molar-refractivity contribution in [2.75, 3.05) is 20.3 Å². The predicted molar refractivity (Wildman–Crippen MR) is 57.5 cm³/mol. The second kappa shape index (κ2) is 5.01. The van der Waals surface area contributed by atoms with Crippen LogP contribution in [-0.2, 0) is 19.1 Å². The lowest BCUT2D eigenvalue weighted by atomic mass is 10.1. The van der Waals surface area contributed by atoms with E-state index in [1.807, 2.05) is 0 Å². The molecule has 2 heterocycles. The molecule has 2 aliphatic heterocycles. The highest BCUT2D eigenvalue weighted by Crippen LogP contribution is 2.23. The Morgan fingerprint density at radius 3 is 2.47 bits per heavy atom. The monoisotopic (exact) mass is 243 g/mol. The lowest BCUT2D eigenvalue weighted by molar-refractivity contribution is -0.155. The van der Waals surface area contributed by atoms with E-state index < -0.39 is 18.2 Å². The second-order valence-electron chi connectivity index (χ2n) is 4.50. The number of carbonyl (C=O) groups is 2. The molecule has 0 saturated carbocycles. The summed E-state index contributed by atoms with van der Waals surface area (Å²) < 4.78 is 10.5. The van der Waals surface area contributed by atoms with Crippen molar-refractivity contribution in [2.24, 2.45) is 0 Å². The van der Waals surface area contributed by atoms with E-state index in [-0.39, 0.29) is 11.9 Å². The average molecular weight is 243 g/mol. The molecule has 96 valence electrons. The van der Waals surface area contributed by atoms with Gasteiger partial charge in [-0.15, -0.1) is 0 Å². The summed E-state index contributed by atoms with van der Waals surface area (Å²) in [4.78, 5) is 24.4. The van der Waals surface area contributed by atoms with Gasteiger partial charge in [-0.25, -0.2) is 4.79 Å². The number of rotatable bonds is 3. The lowest BCUT2D eigenvalue weighted by Gasteiger charge is -2.25. The van der Waals surface area contributed by atoms with E-state index in [1.165, 1.54) is 0 Å². The van der Waals surface area contributed by atoms with Crippen LogP contribution in [0.1, 0.15) is 19.3 Å². The van der Waals surface area contributed by atoms with Gasteiger partial charge in [0.15, 0.2) is 6.10 Å². The van der Waals surface area contributed by atoms with Gasteiger partial charge in [-0.3, -0.25) is 4.79 Å². The minimum Gasteiger partial charge on any atom is -0.479 e. The number of ether oxygens (including phenoxy) is 2. The highest BCUT2D eigenvalue weighted by molar-refractivity contribution is 5.82. The van der Waals surface area contributed by atoms with Gasteiger partial charge in [0.2, 0.25) is 0 Å². The first-order valence-electron chi connectivity index (χ1n) is 5.82. The maximum Gasteiger partial charge on any atom is 0.332 e. The molecule has 2 saturated heterocycles. The maximum absolute atomic E-state index is 12.1. The van der Waals surface area contributed by atoms with Crippen molar-refractivity contribution in [1.29, 1.82) is 0 Å². The van der Waals surface area contributed by atoms with Gasteiger partial charge in [0.25, 0.3) is 5.91 Å². The van der Waals surface area contributed by atoms with Gasteiger partial charge < -0.3 is 19.5 Å². The summed E-state index contributed by atoms with van der Waals surface area (Å²) >= 11 is 0. The molecular weight excluding hydrogens is 226 g/mol. The van der Waals surface area contributed by atoms with Crippen LogP contribution in [0.3, 0.4) is 0 Å². The summed E-state index contributed by atoms with van der Waals surface area (Å²) in [6, 6.07) is 0.0926. The van der Waals surface area contributed by atoms with Gasteiger partial charge in [-0.1, -0.05) is 0 Å². The fourth-order valence-corrected chi connectivity index (χ4v) is 2.24. The molecule has 0 bridgehead atoms. The summed E-state index contributed by atoms with van der Waals surface area (Å²) in [5.74, 6) is -1.13. The third-order valence-electron chi connectivity index (χ3n) is 3.37. The summed E-state index contributed by atoms with van der Waals surface area (Å²) in [6.07, 6.45) is 0.269. The first-order valence-corrected chi connectivity index (χ1v) is 5.82. The Bertz CT molecular complexity index is 313. The zero-order valence-corrected chi connectivity index (χ0v) is 9.80. The number of nitrogens with zero attached hydrogens (tertiary/aromatic N) is 1. The van der Waals surface area contributed by atoms with E-state index in [4.69, 9.17) is 14.6 Å². The first-order chi connectivity index (χ1) is 8.09. The molecule has 2 rings (SSSR count). The molecular formula is C11H17NO5. The normalized spacial score (nSPS) is 32.6. The predicted octanol–water partition coefficient (Wildman–Crippen LogP) is -0.134. The van der Waals surface area contributed by atoms with Crippen LogP contribution >= 0.6 is 0 Å². The maximum atomic E-state index is 12.1. The van der Waals surface area contributed by atoms with Crippen molar-refractivity contribution >= 4 is 11.9 Å². The summed E-state index contributed by atoms with van der Waals surface area (Å²) in [7, 11) is 1.72. The van der Waals surface area contributed by atoms with Crippen LogP contribution in [0.25, 0.3) is 0 Å². The summed E-state index contributed by atoms with van der Waals surface area (Å²) in [5, 5.41) is 8.79. The summed E-state index contributed by atoms with van der Waals surface area (Å²) in [6.45, 7) is 1.23. The molecule has 0 aliphatic carbocycles. The Hall–Kier alpha value is -1.14. The number of carboxylic acids is 1. The highest BCUT2D eigenvalue weighted by atomic mass is 16.5. The molecule has 0 radical (unpaired) electrons. The van der Waals surface area contributed by atoms with E-state index in [0.29, 0.717) is 26.1 Å². The van der Waals surface area contributed by atoms with Crippen molar-refractivity contribution in [3.05, 3.63) is 0 Å². The van der Waals surface area contributed by atoms with Gasteiger partial charge in [0.1, 0.15) is 6.10 Å². The lowest BCUT2D eigenvalue weighted by Crippen LogP contribution is -2.43. The van der Waals surface area contributed by atoms with Crippen LogP contribution in [0, 0.1) is 0 Å². The van der Waals surface area contributed by atoms with Crippen LogP contribution in [-0.4, -0.2) is 60.4 Å². The van der Waals surface area contributed by atoms with Crippen LogP contribution < -0.4 is 0 Å². The molecule has 0 aromatic rings. The quantitative estimate of drug-likeness (QED) is 0.747. The van der Waals surface area contributed by atoms with Crippen LogP contribution in [0.5, 0.6) is 0 Å². The minimum absolute atomic E-state index is 0.0926. The Morgan fingerprint density at radius 2 is 1.94 bits per heavy atom. The third kappa shape index (κ3) is 2.58. The number of amides is 1. The SMILES string of the molecule is CN(C(=O)[C@@H]1CC[C@H](C(=O)O)O1)C1CCOC1. The molecule has 3 atom stereocenters. The Morgan fingerprint density at radius 1 is 1.24 bits per heavy atom. The van der Waals surface area contributed by atoms with Crippen molar-refractivity contribution in [3.8, 4) is 0 Å².